The van der Waals surface area contributed by atoms with Crippen molar-refractivity contribution < 1.29 is 0 Å². The van der Waals surface area contributed by atoms with E-state index in [1.54, 1.807) is 0 Å². The zero-order chi connectivity index (χ0) is 38.9. The molecule has 0 unspecified atom stereocenters. The zero-order valence-electron chi connectivity index (χ0n) is 31.7. The van der Waals surface area contributed by atoms with Gasteiger partial charge in [0.25, 0.3) is 0 Å². The first kappa shape index (κ1) is 33.1. The average Bonchev–Trinajstić information content (AvgIpc) is 3.64. The highest BCUT2D eigenvalue weighted by Crippen LogP contribution is 2.43. The number of benzene rings is 6. The van der Waals surface area contributed by atoms with Crippen molar-refractivity contribution in [3.8, 4) is 50.8 Å². The van der Waals surface area contributed by atoms with Gasteiger partial charge >= 0.3 is 0 Å². The van der Waals surface area contributed by atoms with E-state index in [4.69, 9.17) is 24.9 Å². The molecule has 0 N–H and O–H groups in total. The predicted molar refractivity (Wildman–Crippen MR) is 242 cm³/mol. The van der Waals surface area contributed by atoms with Crippen LogP contribution >= 0.6 is 0 Å². The minimum Gasteiger partial charge on any atom is -0.293 e. The van der Waals surface area contributed by atoms with Crippen LogP contribution in [0.15, 0.2) is 195 Å². The first-order valence-corrected chi connectivity index (χ1v) is 19.7. The fraction of sp³-hybridized carbons (Fsp3) is 0. The Morgan fingerprint density at radius 3 is 1.49 bits per heavy atom. The monoisotopic (exact) mass is 752 g/mol. The molecule has 0 atom stereocenters. The molecule has 0 aliphatic heterocycles. The number of fused-ring (bicyclic) bond motifs is 8. The summed E-state index contributed by atoms with van der Waals surface area (Å²) in [6.07, 6.45) is 9.53. The second kappa shape index (κ2) is 13.3. The van der Waals surface area contributed by atoms with Crippen LogP contribution in [0.4, 0.5) is 0 Å². The number of hydrogen-bond donors (Lipinski definition) is 0. The molecule has 0 saturated heterocycles. The first-order valence-electron chi connectivity index (χ1n) is 19.7. The van der Waals surface area contributed by atoms with Gasteiger partial charge in [0.15, 0.2) is 0 Å². The molecule has 6 heteroatoms. The van der Waals surface area contributed by atoms with Crippen LogP contribution < -0.4 is 0 Å². The molecule has 6 nitrogen and oxygen atoms in total. The summed E-state index contributed by atoms with van der Waals surface area (Å²) in [4.78, 5) is 24.7. The normalized spacial score (nSPS) is 11.7. The lowest BCUT2D eigenvalue weighted by molar-refractivity contribution is 1.10. The summed E-state index contributed by atoms with van der Waals surface area (Å²) in [5.74, 6) is 0.892. The lowest BCUT2D eigenvalue weighted by atomic mass is 9.96. The van der Waals surface area contributed by atoms with Crippen molar-refractivity contribution in [3.63, 3.8) is 0 Å². The van der Waals surface area contributed by atoms with Crippen LogP contribution in [0.5, 0.6) is 0 Å². The Morgan fingerprint density at radius 1 is 0.339 bits per heavy atom. The van der Waals surface area contributed by atoms with Crippen molar-refractivity contribution in [2.75, 3.05) is 0 Å². The first-order chi connectivity index (χ1) is 29.3. The van der Waals surface area contributed by atoms with E-state index in [0.29, 0.717) is 0 Å². The molecule has 12 aromatic rings. The summed E-state index contributed by atoms with van der Waals surface area (Å²) in [5, 5.41) is 11.2. The molecular weight excluding hydrogens is 721 g/mol. The van der Waals surface area contributed by atoms with Crippen LogP contribution in [0.25, 0.3) is 116 Å². The fourth-order valence-electron chi connectivity index (χ4n) is 8.84. The van der Waals surface area contributed by atoms with Crippen molar-refractivity contribution in [1.82, 2.24) is 29.5 Å². The largest absolute Gasteiger partial charge is 0.293 e. The molecule has 0 radical (unpaired) electrons. The second-order valence-electron chi connectivity index (χ2n) is 14.9. The molecule has 0 spiro atoms. The summed E-state index contributed by atoms with van der Waals surface area (Å²) >= 11 is 0. The van der Waals surface area contributed by atoms with Crippen molar-refractivity contribution in [3.05, 3.63) is 195 Å². The maximum absolute atomic E-state index is 5.12. The van der Waals surface area contributed by atoms with E-state index in [-0.39, 0.29) is 0 Å². The zero-order valence-corrected chi connectivity index (χ0v) is 31.7. The predicted octanol–water partition coefficient (Wildman–Crippen LogP) is 13.0. The maximum Gasteiger partial charge on any atom is 0.145 e. The third kappa shape index (κ3) is 5.31. The molecular formula is C53H32N6. The van der Waals surface area contributed by atoms with Gasteiger partial charge in [0.05, 0.1) is 33.8 Å². The van der Waals surface area contributed by atoms with E-state index in [9.17, 15) is 0 Å². The smallest absolute Gasteiger partial charge is 0.145 e. The fourth-order valence-corrected chi connectivity index (χ4v) is 8.84. The van der Waals surface area contributed by atoms with E-state index >= 15 is 0 Å². The van der Waals surface area contributed by atoms with Gasteiger partial charge in [0.2, 0.25) is 0 Å². The molecule has 6 heterocycles. The Morgan fingerprint density at radius 2 is 0.864 bits per heavy atom. The molecule has 6 aromatic carbocycles. The van der Waals surface area contributed by atoms with Crippen LogP contribution in [0.3, 0.4) is 0 Å². The quantitative estimate of drug-likeness (QED) is 0.175. The number of hydrogen-bond acceptors (Lipinski definition) is 5. The number of rotatable bonds is 5. The van der Waals surface area contributed by atoms with E-state index in [2.05, 4.69) is 156 Å². The molecule has 59 heavy (non-hydrogen) atoms. The molecule has 0 fully saturated rings. The third-order valence-corrected chi connectivity index (χ3v) is 11.6. The van der Waals surface area contributed by atoms with Gasteiger partial charge in [-0.2, -0.15) is 0 Å². The minimum atomic E-state index is 0.889. The molecule has 6 aromatic heterocycles. The Bertz CT molecular complexity index is 3590. The minimum absolute atomic E-state index is 0.889. The lowest BCUT2D eigenvalue weighted by Gasteiger charge is -2.14. The van der Waals surface area contributed by atoms with E-state index in [1.165, 1.54) is 0 Å². The van der Waals surface area contributed by atoms with Gasteiger partial charge in [-0.3, -0.25) is 24.5 Å². The van der Waals surface area contributed by atoms with E-state index in [1.807, 2.05) is 43.1 Å². The van der Waals surface area contributed by atoms with Crippen LogP contribution in [0.2, 0.25) is 0 Å². The average molecular weight is 753 g/mol. The van der Waals surface area contributed by atoms with Crippen molar-refractivity contribution in [2.24, 2.45) is 0 Å². The number of aromatic nitrogens is 6. The topological polar surface area (TPSA) is 69.4 Å². The second-order valence-corrected chi connectivity index (χ2v) is 14.9. The van der Waals surface area contributed by atoms with E-state index < -0.39 is 0 Å². The SMILES string of the molecule is c1ccc2c(-c3ccc(-c4ccc5c(c4)c4cc(-c6ccc(-c7nccc8ccccc78)cn6)c6ccccc6c4n5-c4nccc5ccccc45)nc3)nccc2c1. The van der Waals surface area contributed by atoms with Crippen LogP contribution in [0.1, 0.15) is 0 Å². The molecule has 0 aliphatic rings. The van der Waals surface area contributed by atoms with E-state index in [0.717, 1.165) is 116 Å². The standard InChI is InChI=1S/C53H32N6/c1-4-12-39-33(9-1)23-26-54-50(39)37-17-20-47(57-31-37)36-19-22-49-45(29-36)46-30-44(48-21-18-38(32-58-48)51-40-13-5-2-10-34(40)24-27-55-51)42-15-7-8-16-43(42)52(46)59(49)53-41-14-6-3-11-35(41)25-28-56-53/h1-32H. The Labute approximate surface area is 338 Å². The summed E-state index contributed by atoms with van der Waals surface area (Å²) < 4.78 is 2.34. The van der Waals surface area contributed by atoms with Crippen molar-refractivity contribution in [1.29, 1.82) is 0 Å². The Hall–Kier alpha value is -8.09. The molecule has 0 saturated carbocycles. The highest BCUT2D eigenvalue weighted by atomic mass is 15.1. The van der Waals surface area contributed by atoms with Gasteiger partial charge in [-0.15, -0.1) is 0 Å². The van der Waals surface area contributed by atoms with Gasteiger partial charge < -0.3 is 0 Å². The van der Waals surface area contributed by atoms with Gasteiger partial charge in [0, 0.05) is 85.6 Å². The van der Waals surface area contributed by atoms with Crippen LogP contribution in [0, 0.1) is 0 Å². The van der Waals surface area contributed by atoms with Gasteiger partial charge in [-0.25, -0.2) is 4.98 Å². The summed E-state index contributed by atoms with van der Waals surface area (Å²) in [6, 6.07) is 57.4. The molecule has 12 rings (SSSR count). The maximum atomic E-state index is 5.12. The summed E-state index contributed by atoms with van der Waals surface area (Å²) in [7, 11) is 0. The summed E-state index contributed by atoms with van der Waals surface area (Å²) in [5.41, 5.74) is 9.86. The molecule has 274 valence electrons. The summed E-state index contributed by atoms with van der Waals surface area (Å²) in [6.45, 7) is 0. The van der Waals surface area contributed by atoms with Crippen LogP contribution in [-0.4, -0.2) is 29.5 Å². The third-order valence-electron chi connectivity index (χ3n) is 11.6. The molecule has 0 amide bonds. The number of pyridine rings is 5. The Balaban J connectivity index is 1.07. The Kier molecular flexibility index (Phi) is 7.43. The van der Waals surface area contributed by atoms with Gasteiger partial charge in [-0.1, -0.05) is 103 Å². The van der Waals surface area contributed by atoms with Gasteiger partial charge in [0.1, 0.15) is 5.82 Å². The van der Waals surface area contributed by atoms with Crippen molar-refractivity contribution in [2.45, 2.75) is 0 Å². The lowest BCUT2D eigenvalue weighted by Crippen LogP contribution is -1.99. The molecule has 0 bridgehead atoms. The van der Waals surface area contributed by atoms with Crippen LogP contribution in [-0.2, 0) is 0 Å². The van der Waals surface area contributed by atoms with Crippen molar-refractivity contribution >= 4 is 64.9 Å². The highest BCUT2D eigenvalue weighted by molar-refractivity contribution is 6.22. The number of nitrogens with zero attached hydrogens (tertiary/aromatic N) is 6. The highest BCUT2D eigenvalue weighted by Gasteiger charge is 2.21. The molecule has 0 aliphatic carbocycles. The van der Waals surface area contributed by atoms with Gasteiger partial charge in [-0.05, 0) is 82.2 Å².